The lowest BCUT2D eigenvalue weighted by Gasteiger charge is -2.23. The summed E-state index contributed by atoms with van der Waals surface area (Å²) in [6.45, 7) is 0. The van der Waals surface area contributed by atoms with Crippen LogP contribution in [-0.4, -0.2) is 23.1 Å². The number of hydrogen-bond donors (Lipinski definition) is 2. The zero-order valence-electron chi connectivity index (χ0n) is 15.7. The zero-order valence-corrected chi connectivity index (χ0v) is 15.7. The topological polar surface area (TPSA) is 82.0 Å². The third-order valence-electron chi connectivity index (χ3n) is 4.17. The molecule has 2 amide bonds. The molecule has 0 heterocycles. The number of carbonyl (C=O) groups excluding carboxylic acids is 2. The van der Waals surface area contributed by atoms with Gasteiger partial charge < -0.3 is 5.11 Å². The Labute approximate surface area is 169 Å². The first kappa shape index (κ1) is 19.8. The Hall–Kier alpha value is -3.93. The predicted molar refractivity (Wildman–Crippen MR) is 113 cm³/mol. The molecule has 0 aliphatic heterocycles. The van der Waals surface area contributed by atoms with Crippen molar-refractivity contribution < 1.29 is 14.7 Å². The number of rotatable bonds is 7. The van der Waals surface area contributed by atoms with E-state index in [2.05, 4.69) is 10.5 Å². The average Bonchev–Trinajstić information content (AvgIpc) is 2.75. The minimum atomic E-state index is -0.383. The Morgan fingerprint density at radius 2 is 1.38 bits per heavy atom. The van der Waals surface area contributed by atoms with Gasteiger partial charge in [0.15, 0.2) is 0 Å². The maximum atomic E-state index is 12.9. The van der Waals surface area contributed by atoms with Gasteiger partial charge in [-0.15, -0.1) is 0 Å². The molecule has 0 aliphatic rings. The molecule has 6 nitrogen and oxygen atoms in total. The summed E-state index contributed by atoms with van der Waals surface area (Å²) in [5.74, 6) is -0.504. The van der Waals surface area contributed by atoms with E-state index in [0.29, 0.717) is 5.56 Å². The molecule has 0 radical (unpaired) electrons. The Morgan fingerprint density at radius 3 is 1.97 bits per heavy atom. The van der Waals surface area contributed by atoms with Crippen molar-refractivity contribution >= 4 is 29.4 Å². The molecule has 3 aromatic carbocycles. The van der Waals surface area contributed by atoms with Crippen molar-refractivity contribution in [3.05, 3.63) is 90.5 Å². The van der Waals surface area contributed by atoms with Crippen LogP contribution in [0.4, 0.5) is 11.4 Å². The number of nitrogens with zero attached hydrogens (tertiary/aromatic N) is 2. The Kier molecular flexibility index (Phi) is 6.73. The van der Waals surface area contributed by atoms with Crippen LogP contribution in [0.1, 0.15) is 18.4 Å². The van der Waals surface area contributed by atoms with Gasteiger partial charge >= 0.3 is 0 Å². The Balaban J connectivity index is 1.61. The van der Waals surface area contributed by atoms with Crippen LogP contribution in [-0.2, 0) is 9.59 Å². The second-order valence-electron chi connectivity index (χ2n) is 6.25. The van der Waals surface area contributed by atoms with Crippen LogP contribution in [0, 0.1) is 0 Å². The van der Waals surface area contributed by atoms with Crippen LogP contribution in [0.15, 0.2) is 90.0 Å². The number of para-hydroxylation sites is 3. The fraction of sp³-hybridized carbons (Fsp3) is 0.0870. The third kappa shape index (κ3) is 5.52. The summed E-state index contributed by atoms with van der Waals surface area (Å²) in [4.78, 5) is 26.5. The smallest absolute Gasteiger partial charge is 0.240 e. The number of carbonyl (C=O) groups is 2. The number of phenolic OH excluding ortho intramolecular Hbond substituents is 1. The molecule has 0 saturated heterocycles. The predicted octanol–water partition coefficient (Wildman–Crippen LogP) is 3.99. The van der Waals surface area contributed by atoms with Crippen molar-refractivity contribution in [1.82, 2.24) is 5.43 Å². The van der Waals surface area contributed by atoms with Crippen molar-refractivity contribution in [1.29, 1.82) is 0 Å². The lowest BCUT2D eigenvalue weighted by Crippen LogP contribution is -2.27. The van der Waals surface area contributed by atoms with Gasteiger partial charge in [-0.1, -0.05) is 48.5 Å². The minimum absolute atomic E-state index is 0.00683. The van der Waals surface area contributed by atoms with Gasteiger partial charge in [-0.2, -0.15) is 5.10 Å². The van der Waals surface area contributed by atoms with Gasteiger partial charge in [0.2, 0.25) is 11.8 Å². The first-order valence-electron chi connectivity index (χ1n) is 9.18. The summed E-state index contributed by atoms with van der Waals surface area (Å²) in [6.07, 6.45) is 1.38. The molecule has 0 fully saturated rings. The first-order valence-corrected chi connectivity index (χ1v) is 9.18. The molecule has 0 aliphatic carbocycles. The van der Waals surface area contributed by atoms with Crippen LogP contribution >= 0.6 is 0 Å². The van der Waals surface area contributed by atoms with E-state index in [-0.39, 0.29) is 30.4 Å². The molecule has 0 bridgehead atoms. The molecular formula is C23H21N3O3. The van der Waals surface area contributed by atoms with E-state index < -0.39 is 0 Å². The van der Waals surface area contributed by atoms with Crippen LogP contribution in [0.25, 0.3) is 0 Å². The maximum Gasteiger partial charge on any atom is 0.240 e. The summed E-state index contributed by atoms with van der Waals surface area (Å²) >= 11 is 0. The van der Waals surface area contributed by atoms with E-state index in [0.717, 1.165) is 11.4 Å². The van der Waals surface area contributed by atoms with Gasteiger partial charge in [0.1, 0.15) is 5.75 Å². The minimum Gasteiger partial charge on any atom is -0.507 e. The molecule has 3 rings (SSSR count). The number of hydrogen-bond acceptors (Lipinski definition) is 4. The van der Waals surface area contributed by atoms with Gasteiger partial charge in [0.25, 0.3) is 0 Å². The van der Waals surface area contributed by atoms with Crippen LogP contribution in [0.3, 0.4) is 0 Å². The summed E-state index contributed by atoms with van der Waals surface area (Å²) in [6, 6.07) is 25.3. The van der Waals surface area contributed by atoms with Crippen molar-refractivity contribution in [2.45, 2.75) is 12.8 Å². The van der Waals surface area contributed by atoms with Gasteiger partial charge in [-0.05, 0) is 36.4 Å². The van der Waals surface area contributed by atoms with Crippen LogP contribution in [0.5, 0.6) is 5.75 Å². The normalized spacial score (nSPS) is 10.6. The molecule has 0 unspecified atom stereocenters. The highest BCUT2D eigenvalue weighted by molar-refractivity contribution is 6.01. The van der Waals surface area contributed by atoms with E-state index in [9.17, 15) is 14.7 Å². The number of hydrazone groups is 1. The highest BCUT2D eigenvalue weighted by atomic mass is 16.3. The Morgan fingerprint density at radius 1 is 0.828 bits per heavy atom. The number of anilines is 2. The standard InChI is InChI=1S/C23H21N3O3/c27-21-14-8-7-9-18(21)17-24-25-22(28)15-16-23(29)26(19-10-3-1-4-11-19)20-12-5-2-6-13-20/h1-14,17,27H,15-16H2,(H,25,28)/b24-17+. The summed E-state index contributed by atoms with van der Waals surface area (Å²) < 4.78 is 0. The van der Waals surface area contributed by atoms with E-state index in [1.54, 1.807) is 23.1 Å². The molecule has 0 saturated carbocycles. The average molecular weight is 387 g/mol. The second kappa shape index (κ2) is 9.85. The molecule has 2 N–H and O–H groups in total. The van der Waals surface area contributed by atoms with E-state index in [1.165, 1.54) is 12.3 Å². The van der Waals surface area contributed by atoms with Gasteiger partial charge in [0, 0.05) is 29.8 Å². The number of phenols is 1. The fourth-order valence-electron chi connectivity index (χ4n) is 2.75. The van der Waals surface area contributed by atoms with Crippen molar-refractivity contribution in [3.8, 4) is 5.75 Å². The van der Waals surface area contributed by atoms with E-state index >= 15 is 0 Å². The lowest BCUT2D eigenvalue weighted by atomic mass is 10.2. The second-order valence-corrected chi connectivity index (χ2v) is 6.25. The molecule has 0 spiro atoms. The van der Waals surface area contributed by atoms with E-state index in [1.807, 2.05) is 60.7 Å². The van der Waals surface area contributed by atoms with Crippen molar-refractivity contribution in [2.75, 3.05) is 4.90 Å². The zero-order chi connectivity index (χ0) is 20.5. The summed E-state index contributed by atoms with van der Waals surface area (Å²) in [5, 5.41) is 13.5. The molecular weight excluding hydrogens is 366 g/mol. The number of benzene rings is 3. The Bertz CT molecular complexity index is 949. The fourth-order valence-corrected chi connectivity index (χ4v) is 2.75. The SMILES string of the molecule is O=C(CCC(=O)N(c1ccccc1)c1ccccc1)N/N=C/c1ccccc1O. The van der Waals surface area contributed by atoms with E-state index in [4.69, 9.17) is 0 Å². The largest absolute Gasteiger partial charge is 0.507 e. The first-order chi connectivity index (χ1) is 14.1. The molecule has 3 aromatic rings. The summed E-state index contributed by atoms with van der Waals surface area (Å²) in [7, 11) is 0. The van der Waals surface area contributed by atoms with Gasteiger partial charge in [0.05, 0.1) is 6.21 Å². The molecule has 0 aromatic heterocycles. The monoisotopic (exact) mass is 387 g/mol. The molecule has 146 valence electrons. The highest BCUT2D eigenvalue weighted by Gasteiger charge is 2.18. The molecule has 6 heteroatoms. The third-order valence-corrected chi connectivity index (χ3v) is 4.17. The van der Waals surface area contributed by atoms with Crippen molar-refractivity contribution in [3.63, 3.8) is 0 Å². The molecule has 29 heavy (non-hydrogen) atoms. The summed E-state index contributed by atoms with van der Waals surface area (Å²) in [5.41, 5.74) is 4.35. The van der Waals surface area contributed by atoms with Crippen molar-refractivity contribution in [2.24, 2.45) is 5.10 Å². The quantitative estimate of drug-likeness (QED) is 0.475. The molecule has 0 atom stereocenters. The van der Waals surface area contributed by atoms with Gasteiger partial charge in [-0.3, -0.25) is 14.5 Å². The number of amides is 2. The van der Waals surface area contributed by atoms with Crippen LogP contribution < -0.4 is 10.3 Å². The lowest BCUT2D eigenvalue weighted by molar-refractivity contribution is -0.124. The van der Waals surface area contributed by atoms with Crippen LogP contribution in [0.2, 0.25) is 0 Å². The number of nitrogens with one attached hydrogen (secondary N) is 1. The maximum absolute atomic E-state index is 12.9. The number of aromatic hydroxyl groups is 1. The van der Waals surface area contributed by atoms with Gasteiger partial charge in [-0.25, -0.2) is 5.43 Å². The highest BCUT2D eigenvalue weighted by Crippen LogP contribution is 2.26.